The van der Waals surface area contributed by atoms with E-state index < -0.39 is 0 Å². The lowest BCUT2D eigenvalue weighted by molar-refractivity contribution is 0.760. The van der Waals surface area contributed by atoms with Gasteiger partial charge in [0.15, 0.2) is 0 Å². The van der Waals surface area contributed by atoms with Gasteiger partial charge in [-0.2, -0.15) is 0 Å². The Morgan fingerprint density at radius 1 is 1.29 bits per heavy atom. The van der Waals surface area contributed by atoms with E-state index in [0.717, 1.165) is 10.9 Å². The minimum atomic E-state index is -0.205. The number of fused-ring (bicyclic) bond motifs is 1. The number of hydrogen-bond acceptors (Lipinski definition) is 1. The van der Waals surface area contributed by atoms with Gasteiger partial charge in [0.05, 0.1) is 5.52 Å². The summed E-state index contributed by atoms with van der Waals surface area (Å²) in [5.74, 6) is -0.205. The van der Waals surface area contributed by atoms with E-state index in [1.165, 1.54) is 6.08 Å². The van der Waals surface area contributed by atoms with Crippen LogP contribution >= 0.6 is 0 Å². The van der Waals surface area contributed by atoms with Crippen molar-refractivity contribution in [3.8, 4) is 0 Å². The van der Waals surface area contributed by atoms with Crippen LogP contribution in [0, 0.1) is 0 Å². The molecule has 2 aromatic rings. The molecule has 1 nitrogen and oxygen atoms in total. The molecule has 0 aliphatic carbocycles. The van der Waals surface area contributed by atoms with E-state index in [1.807, 2.05) is 24.3 Å². The van der Waals surface area contributed by atoms with Crippen molar-refractivity contribution in [3.05, 3.63) is 48.2 Å². The monoisotopic (exact) mass is 187 g/mol. The molecule has 0 aliphatic rings. The van der Waals surface area contributed by atoms with Crippen LogP contribution < -0.4 is 0 Å². The second-order valence-electron chi connectivity index (χ2n) is 3.01. The molecule has 0 aliphatic heterocycles. The van der Waals surface area contributed by atoms with E-state index in [4.69, 9.17) is 0 Å². The van der Waals surface area contributed by atoms with Gasteiger partial charge >= 0.3 is 0 Å². The molecule has 0 saturated carbocycles. The van der Waals surface area contributed by atoms with Crippen LogP contribution in [0.5, 0.6) is 0 Å². The molecule has 1 aromatic carbocycles. The molecular formula is C12H10FN. The maximum Gasteiger partial charge on any atom is 0.126 e. The van der Waals surface area contributed by atoms with Gasteiger partial charge in [-0.3, -0.25) is 4.98 Å². The van der Waals surface area contributed by atoms with E-state index in [0.29, 0.717) is 5.56 Å². The van der Waals surface area contributed by atoms with Crippen LogP contribution in [-0.2, 0) is 0 Å². The largest absolute Gasteiger partial charge is 0.256 e. The van der Waals surface area contributed by atoms with E-state index in [9.17, 15) is 4.39 Å². The van der Waals surface area contributed by atoms with Crippen LogP contribution in [0.3, 0.4) is 0 Å². The van der Waals surface area contributed by atoms with Gasteiger partial charge in [-0.1, -0.05) is 24.3 Å². The van der Waals surface area contributed by atoms with Crippen LogP contribution in [-0.4, -0.2) is 4.98 Å². The van der Waals surface area contributed by atoms with E-state index in [1.54, 1.807) is 19.2 Å². The molecule has 0 bridgehead atoms. The second-order valence-corrected chi connectivity index (χ2v) is 3.01. The lowest BCUT2D eigenvalue weighted by Gasteiger charge is -2.02. The average molecular weight is 187 g/mol. The predicted molar refractivity (Wildman–Crippen MR) is 56.5 cm³/mol. The molecule has 14 heavy (non-hydrogen) atoms. The maximum absolute atomic E-state index is 13.4. The minimum Gasteiger partial charge on any atom is -0.256 e. The van der Waals surface area contributed by atoms with Crippen LogP contribution in [0.4, 0.5) is 4.39 Å². The molecule has 0 N–H and O–H groups in total. The summed E-state index contributed by atoms with van der Waals surface area (Å²) in [6, 6.07) is 9.23. The van der Waals surface area contributed by atoms with Crippen molar-refractivity contribution < 1.29 is 4.39 Å². The fraction of sp³-hybridized carbons (Fsp3) is 0.0833. The number of pyridine rings is 1. The van der Waals surface area contributed by atoms with Crippen LogP contribution in [0.15, 0.2) is 42.6 Å². The van der Waals surface area contributed by atoms with Gasteiger partial charge in [-0.25, -0.2) is 4.39 Å². The third kappa shape index (κ3) is 1.39. The van der Waals surface area contributed by atoms with Gasteiger partial charge in [0.25, 0.3) is 0 Å². The standard InChI is InChI=1S/C12H10FN/c1-2-11(13)9-7-8-14-12-6-4-3-5-10(9)12/h2-8H,1H3. The van der Waals surface area contributed by atoms with Gasteiger partial charge in [0.1, 0.15) is 5.83 Å². The van der Waals surface area contributed by atoms with Crippen LogP contribution in [0.25, 0.3) is 16.7 Å². The molecule has 0 fully saturated rings. The van der Waals surface area contributed by atoms with Crippen LogP contribution in [0.2, 0.25) is 0 Å². The number of rotatable bonds is 1. The first kappa shape index (κ1) is 8.88. The Bertz CT molecular complexity index is 483. The predicted octanol–water partition coefficient (Wildman–Crippen LogP) is 3.57. The zero-order valence-electron chi connectivity index (χ0n) is 7.87. The smallest absolute Gasteiger partial charge is 0.126 e. The Labute approximate surface area is 81.9 Å². The van der Waals surface area contributed by atoms with Crippen molar-refractivity contribution in [1.82, 2.24) is 4.98 Å². The van der Waals surface area contributed by atoms with Gasteiger partial charge in [0.2, 0.25) is 0 Å². The summed E-state index contributed by atoms with van der Waals surface area (Å²) in [4.78, 5) is 4.16. The van der Waals surface area contributed by atoms with Crippen molar-refractivity contribution >= 4 is 16.7 Å². The second kappa shape index (κ2) is 3.58. The first-order chi connectivity index (χ1) is 6.83. The number of benzene rings is 1. The molecular weight excluding hydrogens is 177 g/mol. The highest BCUT2D eigenvalue weighted by molar-refractivity contribution is 5.89. The first-order valence-electron chi connectivity index (χ1n) is 4.49. The summed E-state index contributed by atoms with van der Waals surface area (Å²) >= 11 is 0. The van der Waals surface area contributed by atoms with Crippen molar-refractivity contribution in [1.29, 1.82) is 0 Å². The van der Waals surface area contributed by atoms with E-state index >= 15 is 0 Å². The van der Waals surface area contributed by atoms with Crippen molar-refractivity contribution in [2.45, 2.75) is 6.92 Å². The molecule has 1 aromatic heterocycles. The quantitative estimate of drug-likeness (QED) is 0.665. The Morgan fingerprint density at radius 3 is 2.86 bits per heavy atom. The molecule has 0 spiro atoms. The molecule has 0 amide bonds. The van der Waals surface area contributed by atoms with Gasteiger partial charge in [0, 0.05) is 17.1 Å². The fourth-order valence-corrected chi connectivity index (χ4v) is 1.46. The third-order valence-electron chi connectivity index (χ3n) is 2.16. The van der Waals surface area contributed by atoms with Crippen molar-refractivity contribution in [2.75, 3.05) is 0 Å². The number of halogens is 1. The first-order valence-corrected chi connectivity index (χ1v) is 4.49. The highest BCUT2D eigenvalue weighted by atomic mass is 19.1. The summed E-state index contributed by atoms with van der Waals surface area (Å²) in [5.41, 5.74) is 1.43. The summed E-state index contributed by atoms with van der Waals surface area (Å²) in [6.45, 7) is 1.69. The highest BCUT2D eigenvalue weighted by Crippen LogP contribution is 2.23. The zero-order chi connectivity index (χ0) is 9.97. The lowest BCUT2D eigenvalue weighted by atomic mass is 10.1. The molecule has 0 unspecified atom stereocenters. The van der Waals surface area contributed by atoms with E-state index in [2.05, 4.69) is 4.98 Å². The van der Waals surface area contributed by atoms with Crippen LogP contribution in [0.1, 0.15) is 12.5 Å². The molecule has 0 radical (unpaired) electrons. The normalized spacial score (nSPS) is 12.0. The number of hydrogen-bond donors (Lipinski definition) is 0. The Kier molecular flexibility index (Phi) is 2.27. The SMILES string of the molecule is CC=C(F)c1ccnc2ccccc12. The summed E-state index contributed by atoms with van der Waals surface area (Å²) in [6.07, 6.45) is 3.09. The van der Waals surface area contributed by atoms with Crippen molar-refractivity contribution in [3.63, 3.8) is 0 Å². The van der Waals surface area contributed by atoms with E-state index in [-0.39, 0.29) is 5.83 Å². The highest BCUT2D eigenvalue weighted by Gasteiger charge is 2.04. The molecule has 2 heteroatoms. The third-order valence-corrected chi connectivity index (χ3v) is 2.16. The Balaban J connectivity index is 2.77. The molecule has 0 atom stereocenters. The topological polar surface area (TPSA) is 12.9 Å². The van der Waals surface area contributed by atoms with Crippen molar-refractivity contribution in [2.24, 2.45) is 0 Å². The van der Waals surface area contributed by atoms with Gasteiger partial charge < -0.3 is 0 Å². The number of allylic oxidation sites excluding steroid dienone is 1. The fourth-order valence-electron chi connectivity index (χ4n) is 1.46. The van der Waals surface area contributed by atoms with Gasteiger partial charge in [-0.15, -0.1) is 0 Å². The lowest BCUT2D eigenvalue weighted by Crippen LogP contribution is -1.84. The summed E-state index contributed by atoms with van der Waals surface area (Å²) < 4.78 is 13.4. The number of nitrogens with zero attached hydrogens (tertiary/aromatic N) is 1. The molecule has 0 saturated heterocycles. The average Bonchev–Trinajstić information content (AvgIpc) is 2.27. The summed E-state index contributed by atoms with van der Waals surface area (Å²) in [7, 11) is 0. The minimum absolute atomic E-state index is 0.205. The number of aromatic nitrogens is 1. The number of para-hydroxylation sites is 1. The molecule has 70 valence electrons. The molecule has 1 heterocycles. The zero-order valence-corrected chi connectivity index (χ0v) is 7.87. The Hall–Kier alpha value is -1.70. The maximum atomic E-state index is 13.4. The molecule has 2 rings (SSSR count). The Morgan fingerprint density at radius 2 is 2.07 bits per heavy atom. The van der Waals surface area contributed by atoms with Gasteiger partial charge in [-0.05, 0) is 19.1 Å². The summed E-state index contributed by atoms with van der Waals surface area (Å²) in [5, 5.41) is 0.852.